The summed E-state index contributed by atoms with van der Waals surface area (Å²) in [5.74, 6) is 1.20. The summed E-state index contributed by atoms with van der Waals surface area (Å²) < 4.78 is 11.0. The minimum Gasteiger partial charge on any atom is -0.491 e. The van der Waals surface area contributed by atoms with Crippen molar-refractivity contribution >= 4 is 41.5 Å². The fourth-order valence-electron chi connectivity index (χ4n) is 2.16. The average Bonchev–Trinajstić information content (AvgIpc) is 2.56. The quantitative estimate of drug-likeness (QED) is 0.207. The largest absolute Gasteiger partial charge is 0.491 e. The van der Waals surface area contributed by atoms with E-state index in [0.29, 0.717) is 25.7 Å². The van der Waals surface area contributed by atoms with Crippen LogP contribution in [0.3, 0.4) is 0 Å². The Morgan fingerprint density at radius 2 is 1.82 bits per heavy atom. The van der Waals surface area contributed by atoms with Gasteiger partial charge in [-0.2, -0.15) is 0 Å². The van der Waals surface area contributed by atoms with E-state index in [4.69, 9.17) is 9.47 Å². The van der Waals surface area contributed by atoms with Crippen LogP contribution in [0.2, 0.25) is 0 Å². The van der Waals surface area contributed by atoms with Gasteiger partial charge in [-0.1, -0.05) is 0 Å². The number of nitrogens with one attached hydrogen (secondary N) is 3. The van der Waals surface area contributed by atoms with Crippen molar-refractivity contribution in [1.82, 2.24) is 10.6 Å². The lowest BCUT2D eigenvalue weighted by Gasteiger charge is -2.20. The summed E-state index contributed by atoms with van der Waals surface area (Å²) >= 11 is 0. The summed E-state index contributed by atoms with van der Waals surface area (Å²) in [6, 6.07) is 7.61. The number of nitrogens with zero attached hydrogens (tertiary/aromatic N) is 1. The Morgan fingerprint density at radius 3 is 2.36 bits per heavy atom. The molecule has 0 saturated carbocycles. The van der Waals surface area contributed by atoms with Gasteiger partial charge in [-0.05, 0) is 65.8 Å². The number of ether oxygens (including phenoxy) is 2. The first kappa shape index (κ1) is 26.4. The summed E-state index contributed by atoms with van der Waals surface area (Å²) in [5.41, 5.74) is 0.569. The standard InChI is InChI=1S/C20H34N4O3.HI/c1-7-26-13-12-21-19(22-14-18(25)24-20(4,5)6)23-16-8-10-17(11-9-16)27-15(2)3;/h8-11,15H,7,12-14H2,1-6H3,(H,24,25)(H2,21,22,23);1H. The van der Waals surface area contributed by atoms with E-state index in [0.717, 1.165) is 11.4 Å². The van der Waals surface area contributed by atoms with Crippen LogP contribution in [0.5, 0.6) is 5.75 Å². The highest BCUT2D eigenvalue weighted by atomic mass is 127. The van der Waals surface area contributed by atoms with Crippen LogP contribution in [0.15, 0.2) is 29.3 Å². The average molecular weight is 506 g/mol. The van der Waals surface area contributed by atoms with Gasteiger partial charge >= 0.3 is 0 Å². The van der Waals surface area contributed by atoms with Crippen LogP contribution in [0.4, 0.5) is 5.69 Å². The molecule has 3 N–H and O–H groups in total. The number of guanidine groups is 1. The van der Waals surface area contributed by atoms with Crippen LogP contribution >= 0.6 is 24.0 Å². The monoisotopic (exact) mass is 506 g/mol. The number of carbonyl (C=O) groups is 1. The molecule has 0 fully saturated rings. The lowest BCUT2D eigenvalue weighted by atomic mass is 10.1. The van der Waals surface area contributed by atoms with Crippen molar-refractivity contribution in [2.75, 3.05) is 31.6 Å². The van der Waals surface area contributed by atoms with Crippen LogP contribution < -0.4 is 20.7 Å². The number of amides is 1. The van der Waals surface area contributed by atoms with E-state index in [-0.39, 0.29) is 48.1 Å². The number of rotatable bonds is 9. The molecule has 7 nitrogen and oxygen atoms in total. The Balaban J connectivity index is 0.00000729. The van der Waals surface area contributed by atoms with Gasteiger partial charge in [-0.15, -0.1) is 24.0 Å². The smallest absolute Gasteiger partial charge is 0.242 e. The first-order chi connectivity index (χ1) is 12.7. The molecule has 0 aliphatic carbocycles. The highest BCUT2D eigenvalue weighted by Crippen LogP contribution is 2.16. The fourth-order valence-corrected chi connectivity index (χ4v) is 2.16. The van der Waals surface area contributed by atoms with E-state index in [1.165, 1.54) is 0 Å². The van der Waals surface area contributed by atoms with Crippen LogP contribution in [0, 0.1) is 0 Å². The second-order valence-corrected chi connectivity index (χ2v) is 7.40. The lowest BCUT2D eigenvalue weighted by molar-refractivity contribution is -0.121. The van der Waals surface area contributed by atoms with Gasteiger partial charge in [0.15, 0.2) is 5.96 Å². The van der Waals surface area contributed by atoms with Crippen molar-refractivity contribution < 1.29 is 14.3 Å². The summed E-state index contributed by atoms with van der Waals surface area (Å²) in [7, 11) is 0. The third-order valence-corrected chi connectivity index (χ3v) is 3.13. The second kappa shape index (κ2) is 13.6. The van der Waals surface area contributed by atoms with Gasteiger partial charge in [-0.3, -0.25) is 4.79 Å². The van der Waals surface area contributed by atoms with Gasteiger partial charge in [0.25, 0.3) is 0 Å². The van der Waals surface area contributed by atoms with Gasteiger partial charge in [0.1, 0.15) is 12.3 Å². The summed E-state index contributed by atoms with van der Waals surface area (Å²) in [5, 5.41) is 9.27. The van der Waals surface area contributed by atoms with Crippen molar-refractivity contribution in [3.8, 4) is 5.75 Å². The van der Waals surface area contributed by atoms with Crippen LogP contribution in [0.1, 0.15) is 41.5 Å². The number of halogens is 1. The van der Waals surface area contributed by atoms with E-state index >= 15 is 0 Å². The van der Waals surface area contributed by atoms with E-state index in [1.54, 1.807) is 0 Å². The molecule has 1 amide bonds. The molecule has 28 heavy (non-hydrogen) atoms. The van der Waals surface area contributed by atoms with Gasteiger partial charge in [0.05, 0.1) is 12.7 Å². The molecule has 160 valence electrons. The van der Waals surface area contributed by atoms with E-state index < -0.39 is 0 Å². The maximum absolute atomic E-state index is 12.0. The topological polar surface area (TPSA) is 84.0 Å². The molecule has 1 aromatic rings. The van der Waals surface area contributed by atoms with Crippen molar-refractivity contribution in [2.24, 2.45) is 4.99 Å². The Kier molecular flexibility index (Phi) is 12.8. The minimum absolute atomic E-state index is 0. The Morgan fingerprint density at radius 1 is 1.18 bits per heavy atom. The molecule has 0 spiro atoms. The molecule has 0 bridgehead atoms. The van der Waals surface area contributed by atoms with Gasteiger partial charge < -0.3 is 25.4 Å². The molecule has 0 saturated heterocycles. The lowest BCUT2D eigenvalue weighted by Crippen LogP contribution is -2.42. The Hall–Kier alpha value is -1.55. The molecule has 0 aliphatic heterocycles. The van der Waals surface area contributed by atoms with E-state index in [9.17, 15) is 4.79 Å². The predicted molar refractivity (Wildman–Crippen MR) is 126 cm³/mol. The second-order valence-electron chi connectivity index (χ2n) is 7.40. The van der Waals surface area contributed by atoms with Gasteiger partial charge in [0.2, 0.25) is 5.91 Å². The molecule has 1 rings (SSSR count). The summed E-state index contributed by atoms with van der Waals surface area (Å²) in [6.07, 6.45) is 0.127. The SMILES string of the molecule is CCOCCNC(=NCC(=O)NC(C)(C)C)Nc1ccc(OC(C)C)cc1.I. The first-order valence-corrected chi connectivity index (χ1v) is 9.40. The van der Waals surface area contributed by atoms with Gasteiger partial charge in [0, 0.05) is 24.4 Å². The zero-order chi connectivity index (χ0) is 20.3. The molecule has 0 aliphatic rings. The number of carbonyl (C=O) groups excluding carboxylic acids is 1. The highest BCUT2D eigenvalue weighted by Gasteiger charge is 2.13. The molecular formula is C20H35IN4O3. The summed E-state index contributed by atoms with van der Waals surface area (Å²) in [4.78, 5) is 16.4. The molecule has 0 aromatic heterocycles. The normalized spacial score (nSPS) is 11.6. The zero-order valence-electron chi connectivity index (χ0n) is 17.8. The number of benzene rings is 1. The molecule has 0 unspecified atom stereocenters. The predicted octanol–water partition coefficient (Wildman–Crippen LogP) is 3.40. The molecule has 8 heteroatoms. The van der Waals surface area contributed by atoms with Crippen LogP contribution in [-0.2, 0) is 9.53 Å². The maximum Gasteiger partial charge on any atom is 0.242 e. The van der Waals surface area contributed by atoms with Crippen molar-refractivity contribution in [3.05, 3.63) is 24.3 Å². The highest BCUT2D eigenvalue weighted by molar-refractivity contribution is 14.0. The number of hydrogen-bond donors (Lipinski definition) is 3. The number of anilines is 1. The Bertz CT molecular complexity index is 598. The van der Waals surface area contributed by atoms with E-state index in [2.05, 4.69) is 20.9 Å². The summed E-state index contributed by atoms with van der Waals surface area (Å²) in [6.45, 7) is 13.6. The molecule has 0 heterocycles. The zero-order valence-corrected chi connectivity index (χ0v) is 20.1. The van der Waals surface area contributed by atoms with Gasteiger partial charge in [-0.25, -0.2) is 4.99 Å². The Labute approximate surface area is 186 Å². The van der Waals surface area contributed by atoms with Crippen molar-refractivity contribution in [1.29, 1.82) is 0 Å². The van der Waals surface area contributed by atoms with Crippen LogP contribution in [-0.4, -0.2) is 49.8 Å². The third-order valence-electron chi connectivity index (χ3n) is 3.13. The first-order valence-electron chi connectivity index (χ1n) is 9.40. The van der Waals surface area contributed by atoms with Crippen LogP contribution in [0.25, 0.3) is 0 Å². The maximum atomic E-state index is 12.0. The third kappa shape index (κ3) is 12.8. The minimum atomic E-state index is -0.283. The number of aliphatic imine (C=N–C) groups is 1. The van der Waals surface area contributed by atoms with E-state index in [1.807, 2.05) is 65.8 Å². The van der Waals surface area contributed by atoms with Crippen molar-refractivity contribution in [3.63, 3.8) is 0 Å². The number of hydrogen-bond acceptors (Lipinski definition) is 4. The van der Waals surface area contributed by atoms with Crippen molar-refractivity contribution in [2.45, 2.75) is 53.2 Å². The molecule has 0 atom stereocenters. The molecule has 0 radical (unpaired) electrons. The fraction of sp³-hybridized carbons (Fsp3) is 0.600. The molecular weight excluding hydrogens is 471 g/mol. The molecule has 1 aromatic carbocycles.